The molecular formula is C13H15F3N6O. The second-order valence-corrected chi connectivity index (χ2v) is 4.66. The van der Waals surface area contributed by atoms with Crippen LogP contribution in [0, 0.1) is 0 Å². The van der Waals surface area contributed by atoms with Gasteiger partial charge in [0.1, 0.15) is 0 Å². The molecule has 0 aliphatic heterocycles. The van der Waals surface area contributed by atoms with Gasteiger partial charge < -0.3 is 10.6 Å². The van der Waals surface area contributed by atoms with Gasteiger partial charge in [0.25, 0.3) is 5.91 Å². The zero-order chi connectivity index (χ0) is 16.9. The van der Waals surface area contributed by atoms with Crippen molar-refractivity contribution in [3.8, 4) is 5.82 Å². The van der Waals surface area contributed by atoms with E-state index >= 15 is 0 Å². The molecule has 0 radical (unpaired) electrons. The van der Waals surface area contributed by atoms with Crippen LogP contribution in [0.3, 0.4) is 0 Å². The smallest absolute Gasteiger partial charge is 0.351 e. The van der Waals surface area contributed by atoms with Crippen molar-refractivity contribution < 1.29 is 18.0 Å². The second-order valence-electron chi connectivity index (χ2n) is 4.66. The Morgan fingerprint density at radius 3 is 2.70 bits per heavy atom. The van der Waals surface area contributed by atoms with Gasteiger partial charge in [0.2, 0.25) is 0 Å². The topological polar surface area (TPSA) is 84.7 Å². The van der Waals surface area contributed by atoms with Crippen molar-refractivity contribution in [1.29, 1.82) is 0 Å². The standard InChI is InChI=1S/C13H15F3N6O/c1-17-5-2-6-18-12(23)10-8-22(21-20-10)11-4-3-9(7-19-11)13(14,15)16/h3-4,7-8,17H,2,5-6H2,1H3,(H,18,23). The fraction of sp³-hybridized carbons (Fsp3) is 0.385. The number of nitrogens with zero attached hydrogens (tertiary/aromatic N) is 4. The first kappa shape index (κ1) is 16.9. The molecule has 23 heavy (non-hydrogen) atoms. The molecule has 2 rings (SSSR count). The molecule has 2 N–H and O–H groups in total. The monoisotopic (exact) mass is 328 g/mol. The summed E-state index contributed by atoms with van der Waals surface area (Å²) < 4.78 is 38.6. The molecule has 7 nitrogen and oxygen atoms in total. The van der Waals surface area contributed by atoms with Gasteiger partial charge in [-0.05, 0) is 32.1 Å². The average Bonchev–Trinajstić information content (AvgIpc) is 3.01. The number of hydrogen-bond acceptors (Lipinski definition) is 5. The molecule has 0 spiro atoms. The molecule has 0 fully saturated rings. The normalized spacial score (nSPS) is 11.5. The molecule has 0 unspecified atom stereocenters. The number of rotatable bonds is 6. The van der Waals surface area contributed by atoms with Crippen LogP contribution in [0.15, 0.2) is 24.5 Å². The Hall–Kier alpha value is -2.49. The summed E-state index contributed by atoms with van der Waals surface area (Å²) in [6, 6.07) is 2.05. The Morgan fingerprint density at radius 1 is 1.30 bits per heavy atom. The Labute approximate surface area is 129 Å². The predicted octanol–water partition coefficient (Wildman–Crippen LogP) is 1.02. The molecule has 1 amide bonds. The highest BCUT2D eigenvalue weighted by Gasteiger charge is 2.30. The number of amides is 1. The van der Waals surface area contributed by atoms with E-state index in [1.54, 1.807) is 0 Å². The van der Waals surface area contributed by atoms with Gasteiger partial charge in [0, 0.05) is 12.7 Å². The third-order valence-corrected chi connectivity index (χ3v) is 2.93. The van der Waals surface area contributed by atoms with Crippen LogP contribution in [-0.4, -0.2) is 46.0 Å². The molecule has 0 atom stereocenters. The van der Waals surface area contributed by atoms with E-state index in [-0.39, 0.29) is 11.5 Å². The van der Waals surface area contributed by atoms with E-state index in [4.69, 9.17) is 0 Å². The van der Waals surface area contributed by atoms with Gasteiger partial charge in [-0.15, -0.1) is 5.10 Å². The summed E-state index contributed by atoms with van der Waals surface area (Å²) in [4.78, 5) is 15.5. The highest BCUT2D eigenvalue weighted by molar-refractivity contribution is 5.91. The molecule has 2 aromatic heterocycles. The number of pyridine rings is 1. The van der Waals surface area contributed by atoms with Crippen LogP contribution in [-0.2, 0) is 6.18 Å². The summed E-state index contributed by atoms with van der Waals surface area (Å²) in [5.41, 5.74) is -0.792. The first-order valence-corrected chi connectivity index (χ1v) is 6.80. The van der Waals surface area contributed by atoms with Gasteiger partial charge in [0.15, 0.2) is 11.5 Å². The van der Waals surface area contributed by atoms with Crippen LogP contribution < -0.4 is 10.6 Å². The van der Waals surface area contributed by atoms with E-state index in [0.29, 0.717) is 12.7 Å². The van der Waals surface area contributed by atoms with Crippen LogP contribution in [0.2, 0.25) is 0 Å². The number of hydrogen-bond donors (Lipinski definition) is 2. The van der Waals surface area contributed by atoms with Crippen LogP contribution in [0.4, 0.5) is 13.2 Å². The fourth-order valence-electron chi connectivity index (χ4n) is 1.73. The van der Waals surface area contributed by atoms with E-state index in [9.17, 15) is 18.0 Å². The van der Waals surface area contributed by atoms with Crippen molar-refractivity contribution in [3.05, 3.63) is 35.8 Å². The molecule has 2 aromatic rings. The number of carbonyl (C=O) groups is 1. The Morgan fingerprint density at radius 2 is 2.09 bits per heavy atom. The maximum absolute atomic E-state index is 12.5. The summed E-state index contributed by atoms with van der Waals surface area (Å²) in [6.07, 6.45) is -1.68. The first-order chi connectivity index (χ1) is 10.9. The zero-order valence-electron chi connectivity index (χ0n) is 12.3. The summed E-state index contributed by atoms with van der Waals surface area (Å²) in [7, 11) is 1.81. The third-order valence-electron chi connectivity index (χ3n) is 2.93. The average molecular weight is 328 g/mol. The van der Waals surface area contributed by atoms with Crippen molar-refractivity contribution in [3.63, 3.8) is 0 Å². The minimum atomic E-state index is -4.45. The summed E-state index contributed by atoms with van der Waals surface area (Å²) in [5, 5.41) is 13.0. The zero-order valence-corrected chi connectivity index (χ0v) is 12.3. The molecule has 0 aliphatic rings. The largest absolute Gasteiger partial charge is 0.417 e. The van der Waals surface area contributed by atoms with E-state index in [0.717, 1.165) is 29.8 Å². The lowest BCUT2D eigenvalue weighted by molar-refractivity contribution is -0.137. The maximum Gasteiger partial charge on any atom is 0.417 e. The van der Waals surface area contributed by atoms with Crippen molar-refractivity contribution in [1.82, 2.24) is 30.6 Å². The van der Waals surface area contributed by atoms with Crippen LogP contribution >= 0.6 is 0 Å². The van der Waals surface area contributed by atoms with Crippen LogP contribution in [0.5, 0.6) is 0 Å². The highest BCUT2D eigenvalue weighted by Crippen LogP contribution is 2.28. The van der Waals surface area contributed by atoms with Gasteiger partial charge in [-0.3, -0.25) is 4.79 Å². The second kappa shape index (κ2) is 7.18. The lowest BCUT2D eigenvalue weighted by atomic mass is 10.3. The van der Waals surface area contributed by atoms with E-state index in [2.05, 4.69) is 25.9 Å². The van der Waals surface area contributed by atoms with Crippen LogP contribution in [0.25, 0.3) is 5.82 Å². The summed E-state index contributed by atoms with van der Waals surface area (Å²) in [6.45, 7) is 1.24. The van der Waals surface area contributed by atoms with Gasteiger partial charge in [-0.2, -0.15) is 13.2 Å². The van der Waals surface area contributed by atoms with E-state index in [1.165, 1.54) is 6.20 Å². The minimum Gasteiger partial charge on any atom is -0.351 e. The molecule has 124 valence electrons. The van der Waals surface area contributed by atoms with Crippen molar-refractivity contribution in [2.24, 2.45) is 0 Å². The molecule has 0 aliphatic carbocycles. The molecule has 0 aromatic carbocycles. The molecule has 0 bridgehead atoms. The fourth-order valence-corrected chi connectivity index (χ4v) is 1.73. The highest BCUT2D eigenvalue weighted by atomic mass is 19.4. The summed E-state index contributed by atoms with van der Waals surface area (Å²) in [5.74, 6) is -0.265. The van der Waals surface area contributed by atoms with Gasteiger partial charge in [0.05, 0.1) is 11.8 Å². The molecule has 0 saturated carbocycles. The molecule has 10 heteroatoms. The maximum atomic E-state index is 12.5. The minimum absolute atomic E-state index is 0.0659. The molecule has 0 saturated heterocycles. The number of alkyl halides is 3. The van der Waals surface area contributed by atoms with Gasteiger partial charge in [-0.1, -0.05) is 5.21 Å². The Kier molecular flexibility index (Phi) is 5.27. The van der Waals surface area contributed by atoms with Gasteiger partial charge >= 0.3 is 6.18 Å². The van der Waals surface area contributed by atoms with Gasteiger partial charge in [-0.25, -0.2) is 9.67 Å². The number of aromatic nitrogens is 4. The lowest BCUT2D eigenvalue weighted by Gasteiger charge is -2.06. The van der Waals surface area contributed by atoms with Crippen molar-refractivity contribution in [2.75, 3.05) is 20.1 Å². The summed E-state index contributed by atoms with van der Waals surface area (Å²) >= 11 is 0. The van der Waals surface area contributed by atoms with Crippen molar-refractivity contribution >= 4 is 5.91 Å². The Bertz CT molecular complexity index is 652. The number of nitrogens with one attached hydrogen (secondary N) is 2. The lowest BCUT2D eigenvalue weighted by Crippen LogP contribution is -2.26. The predicted molar refractivity (Wildman–Crippen MR) is 75.0 cm³/mol. The SMILES string of the molecule is CNCCCNC(=O)c1cn(-c2ccc(C(F)(F)F)cn2)nn1. The van der Waals surface area contributed by atoms with Crippen molar-refractivity contribution in [2.45, 2.75) is 12.6 Å². The van der Waals surface area contributed by atoms with E-state index < -0.39 is 17.6 Å². The molecule has 2 heterocycles. The third kappa shape index (κ3) is 4.49. The number of halogens is 3. The van der Waals surface area contributed by atoms with E-state index in [1.807, 2.05) is 7.05 Å². The quantitative estimate of drug-likeness (QED) is 0.774. The molecular weight excluding hydrogens is 313 g/mol. The van der Waals surface area contributed by atoms with Crippen LogP contribution in [0.1, 0.15) is 22.5 Å². The first-order valence-electron chi connectivity index (χ1n) is 6.80. The Balaban J connectivity index is 2.02. The number of carbonyl (C=O) groups excluding carboxylic acids is 1.